The summed E-state index contributed by atoms with van der Waals surface area (Å²) in [5, 5.41) is 0.804. The second-order valence-corrected chi connectivity index (χ2v) is 4.82. The molecule has 0 aromatic rings. The molecule has 58 valence electrons. The van der Waals surface area contributed by atoms with Crippen LogP contribution >= 0.6 is 23.5 Å². The highest BCUT2D eigenvalue weighted by Crippen LogP contribution is 2.24. The first-order valence-corrected chi connectivity index (χ1v) is 6.00. The van der Waals surface area contributed by atoms with Crippen molar-refractivity contribution in [2.75, 3.05) is 17.3 Å². The van der Waals surface area contributed by atoms with E-state index in [1.807, 2.05) is 0 Å². The molecule has 1 fully saturated rings. The smallest absolute Gasteiger partial charge is 0.0318 e. The Bertz CT molecular complexity index is 104. The van der Waals surface area contributed by atoms with Crippen molar-refractivity contribution >= 4 is 23.5 Å². The number of rotatable bonds is 2. The van der Waals surface area contributed by atoms with Gasteiger partial charge in [-0.1, -0.05) is 19.1 Å². The minimum atomic E-state index is 0.804. The van der Waals surface area contributed by atoms with Crippen molar-refractivity contribution in [1.29, 1.82) is 0 Å². The fraction of sp³-hybridized carbons (Fsp3) is 0.750. The Balaban J connectivity index is 2.19. The molecule has 0 amide bonds. The molecule has 0 spiro atoms. The molecule has 0 bridgehead atoms. The van der Waals surface area contributed by atoms with Gasteiger partial charge in [-0.3, -0.25) is 0 Å². The summed E-state index contributed by atoms with van der Waals surface area (Å²) in [6.07, 6.45) is 5.82. The topological polar surface area (TPSA) is 0 Å². The summed E-state index contributed by atoms with van der Waals surface area (Å²) < 4.78 is 0. The highest BCUT2D eigenvalue weighted by Gasteiger charge is 2.09. The van der Waals surface area contributed by atoms with Crippen LogP contribution in [0.3, 0.4) is 0 Å². The molecule has 2 heteroatoms. The van der Waals surface area contributed by atoms with E-state index in [9.17, 15) is 0 Å². The number of hydrogen-bond acceptors (Lipinski definition) is 2. The zero-order valence-electron chi connectivity index (χ0n) is 6.38. The normalized spacial score (nSPS) is 27.5. The van der Waals surface area contributed by atoms with Gasteiger partial charge >= 0.3 is 0 Å². The standard InChI is InChI=1S/C8H14S2/c1-2-3-4-8-7-9-5-6-10-8/h3-4,8H,2,5-7H2,1H3. The first-order valence-electron chi connectivity index (χ1n) is 3.79. The third-order valence-corrected chi connectivity index (χ3v) is 4.18. The number of allylic oxidation sites excluding steroid dienone is 1. The van der Waals surface area contributed by atoms with Gasteiger partial charge in [-0.25, -0.2) is 0 Å². The molecule has 0 saturated carbocycles. The average Bonchev–Trinajstić information content (AvgIpc) is 2.03. The monoisotopic (exact) mass is 174 g/mol. The Labute approximate surface area is 71.8 Å². The Kier molecular flexibility index (Phi) is 4.39. The van der Waals surface area contributed by atoms with Gasteiger partial charge in [0.2, 0.25) is 0 Å². The molecule has 0 radical (unpaired) electrons. The summed E-state index contributed by atoms with van der Waals surface area (Å²) in [5.74, 6) is 4.01. The number of hydrogen-bond donors (Lipinski definition) is 0. The molecular formula is C8H14S2. The molecule has 1 atom stereocenters. The van der Waals surface area contributed by atoms with E-state index in [2.05, 4.69) is 42.6 Å². The van der Waals surface area contributed by atoms with Gasteiger partial charge in [0.25, 0.3) is 0 Å². The van der Waals surface area contributed by atoms with Crippen LogP contribution < -0.4 is 0 Å². The molecular weight excluding hydrogens is 160 g/mol. The quantitative estimate of drug-likeness (QED) is 0.590. The molecule has 1 heterocycles. The summed E-state index contributed by atoms with van der Waals surface area (Å²) in [6, 6.07) is 0. The van der Waals surface area contributed by atoms with Crippen LogP contribution in [-0.4, -0.2) is 22.5 Å². The summed E-state index contributed by atoms with van der Waals surface area (Å²) >= 11 is 4.18. The maximum Gasteiger partial charge on any atom is 0.0318 e. The van der Waals surface area contributed by atoms with Gasteiger partial charge < -0.3 is 0 Å². The van der Waals surface area contributed by atoms with Crippen LogP contribution in [0.2, 0.25) is 0 Å². The lowest BCUT2D eigenvalue weighted by Crippen LogP contribution is -2.10. The Morgan fingerprint density at radius 2 is 2.40 bits per heavy atom. The van der Waals surface area contributed by atoms with Gasteiger partial charge in [0.05, 0.1) is 0 Å². The van der Waals surface area contributed by atoms with Crippen LogP contribution in [0.5, 0.6) is 0 Å². The Hall–Kier alpha value is 0.440. The van der Waals surface area contributed by atoms with Crippen LogP contribution in [0, 0.1) is 0 Å². The lowest BCUT2D eigenvalue weighted by atomic mass is 10.3. The predicted octanol–water partition coefficient (Wildman–Crippen LogP) is 2.80. The van der Waals surface area contributed by atoms with E-state index in [1.54, 1.807) is 0 Å². The Morgan fingerprint density at radius 3 is 3.00 bits per heavy atom. The van der Waals surface area contributed by atoms with Crippen molar-refractivity contribution in [3.63, 3.8) is 0 Å². The van der Waals surface area contributed by atoms with Crippen molar-refractivity contribution in [2.45, 2.75) is 18.6 Å². The first-order chi connectivity index (χ1) is 4.93. The lowest BCUT2D eigenvalue weighted by Gasteiger charge is -2.16. The molecule has 0 nitrogen and oxygen atoms in total. The largest absolute Gasteiger partial charge is 0.160 e. The van der Waals surface area contributed by atoms with Gasteiger partial charge in [-0.2, -0.15) is 23.5 Å². The van der Waals surface area contributed by atoms with Crippen molar-refractivity contribution < 1.29 is 0 Å². The van der Waals surface area contributed by atoms with Crippen molar-refractivity contribution in [3.05, 3.63) is 12.2 Å². The first kappa shape index (κ1) is 8.54. The second-order valence-electron chi connectivity index (χ2n) is 2.32. The summed E-state index contributed by atoms with van der Waals surface area (Å²) in [5.41, 5.74) is 0. The maximum atomic E-state index is 2.36. The van der Waals surface area contributed by atoms with E-state index < -0.39 is 0 Å². The van der Waals surface area contributed by atoms with Crippen LogP contribution in [0.1, 0.15) is 13.3 Å². The summed E-state index contributed by atoms with van der Waals surface area (Å²) in [4.78, 5) is 0. The van der Waals surface area contributed by atoms with Gasteiger partial charge in [0.15, 0.2) is 0 Å². The third-order valence-electron chi connectivity index (χ3n) is 1.43. The molecule has 1 rings (SSSR count). The fourth-order valence-corrected chi connectivity index (χ4v) is 3.47. The van der Waals surface area contributed by atoms with Crippen LogP contribution in [-0.2, 0) is 0 Å². The van der Waals surface area contributed by atoms with Crippen LogP contribution in [0.4, 0.5) is 0 Å². The molecule has 0 N–H and O–H groups in total. The van der Waals surface area contributed by atoms with E-state index in [1.165, 1.54) is 23.7 Å². The van der Waals surface area contributed by atoms with Gasteiger partial charge in [-0.15, -0.1) is 0 Å². The van der Waals surface area contributed by atoms with E-state index in [4.69, 9.17) is 0 Å². The maximum absolute atomic E-state index is 2.36. The van der Waals surface area contributed by atoms with Crippen molar-refractivity contribution in [1.82, 2.24) is 0 Å². The van der Waals surface area contributed by atoms with Gasteiger partial charge in [0, 0.05) is 22.5 Å². The van der Waals surface area contributed by atoms with Crippen LogP contribution in [0.15, 0.2) is 12.2 Å². The minimum Gasteiger partial charge on any atom is -0.160 e. The highest BCUT2D eigenvalue weighted by atomic mass is 32.2. The minimum absolute atomic E-state index is 0.804. The van der Waals surface area contributed by atoms with Crippen molar-refractivity contribution in [2.24, 2.45) is 0 Å². The van der Waals surface area contributed by atoms with Crippen molar-refractivity contribution in [3.8, 4) is 0 Å². The molecule has 1 saturated heterocycles. The van der Waals surface area contributed by atoms with Gasteiger partial charge in [0.1, 0.15) is 0 Å². The molecule has 1 unspecified atom stereocenters. The Morgan fingerprint density at radius 1 is 1.50 bits per heavy atom. The fourth-order valence-electron chi connectivity index (χ4n) is 0.905. The zero-order valence-corrected chi connectivity index (χ0v) is 8.01. The van der Waals surface area contributed by atoms with E-state index in [0.717, 1.165) is 5.25 Å². The summed E-state index contributed by atoms with van der Waals surface area (Å²) in [6.45, 7) is 2.19. The van der Waals surface area contributed by atoms with Gasteiger partial charge in [-0.05, 0) is 6.42 Å². The van der Waals surface area contributed by atoms with E-state index in [0.29, 0.717) is 0 Å². The molecule has 10 heavy (non-hydrogen) atoms. The third kappa shape index (κ3) is 3.02. The van der Waals surface area contributed by atoms with E-state index in [-0.39, 0.29) is 0 Å². The highest BCUT2D eigenvalue weighted by molar-refractivity contribution is 8.06. The van der Waals surface area contributed by atoms with Crippen LogP contribution in [0.25, 0.3) is 0 Å². The van der Waals surface area contributed by atoms with E-state index >= 15 is 0 Å². The molecule has 0 aliphatic carbocycles. The molecule has 0 aromatic heterocycles. The average molecular weight is 174 g/mol. The molecule has 1 aliphatic heterocycles. The second kappa shape index (κ2) is 5.14. The SMILES string of the molecule is CCC=CC1CSCCS1. The lowest BCUT2D eigenvalue weighted by molar-refractivity contribution is 1.17. The zero-order chi connectivity index (χ0) is 7.23. The predicted molar refractivity (Wildman–Crippen MR) is 53.0 cm³/mol. The molecule has 1 aliphatic rings. The number of thioether (sulfide) groups is 2. The molecule has 0 aromatic carbocycles. The summed E-state index contributed by atoms with van der Waals surface area (Å²) in [7, 11) is 0.